The van der Waals surface area contributed by atoms with E-state index in [0.717, 1.165) is 36.1 Å². The molecule has 2 fully saturated rings. The van der Waals surface area contributed by atoms with Crippen molar-refractivity contribution in [2.24, 2.45) is 0 Å². The van der Waals surface area contributed by atoms with Crippen molar-refractivity contribution in [2.75, 3.05) is 55.1 Å². The van der Waals surface area contributed by atoms with Gasteiger partial charge < -0.3 is 15.4 Å². The summed E-state index contributed by atoms with van der Waals surface area (Å²) in [5.41, 5.74) is 1.45. The maximum absolute atomic E-state index is 12.0. The molecule has 2 saturated heterocycles. The monoisotopic (exact) mass is 350 g/mol. The van der Waals surface area contributed by atoms with Gasteiger partial charge in [-0.05, 0) is 24.3 Å². The normalized spacial score (nSPS) is 21.4. The Balaban J connectivity index is 1.46. The first kappa shape index (κ1) is 17.2. The van der Waals surface area contributed by atoms with Crippen LogP contribution in [0.2, 0.25) is 0 Å². The SMILES string of the molecule is O=C(CN1CCOCC1)Nc1ccc(NC(=O)C2CSCN2)cc1. The van der Waals surface area contributed by atoms with Gasteiger partial charge in [0.15, 0.2) is 0 Å². The third-order valence-corrected chi connectivity index (χ3v) is 4.88. The predicted molar refractivity (Wildman–Crippen MR) is 95.2 cm³/mol. The number of hydrogen-bond donors (Lipinski definition) is 3. The second-order valence-electron chi connectivity index (χ2n) is 5.78. The highest BCUT2D eigenvalue weighted by Gasteiger charge is 2.22. The summed E-state index contributed by atoms with van der Waals surface area (Å²) in [6, 6.07) is 7.05. The number of thioether (sulfide) groups is 1. The molecule has 3 rings (SSSR count). The quantitative estimate of drug-likeness (QED) is 0.720. The van der Waals surface area contributed by atoms with Gasteiger partial charge in [-0.25, -0.2) is 0 Å². The Morgan fingerprint density at radius 3 is 2.46 bits per heavy atom. The molecule has 0 saturated carbocycles. The number of hydrogen-bond acceptors (Lipinski definition) is 6. The molecule has 2 aliphatic rings. The number of nitrogens with one attached hydrogen (secondary N) is 3. The van der Waals surface area contributed by atoms with Gasteiger partial charge in [-0.1, -0.05) is 0 Å². The Hall–Kier alpha value is -1.61. The number of rotatable bonds is 5. The maximum atomic E-state index is 12.0. The molecule has 0 radical (unpaired) electrons. The molecular formula is C16H22N4O3S. The number of amides is 2. The molecule has 3 N–H and O–H groups in total. The van der Waals surface area contributed by atoms with Crippen LogP contribution in [0, 0.1) is 0 Å². The molecule has 130 valence electrons. The van der Waals surface area contributed by atoms with Crippen LogP contribution in [0.1, 0.15) is 0 Å². The molecule has 2 aliphatic heterocycles. The molecule has 0 spiro atoms. The minimum Gasteiger partial charge on any atom is -0.379 e. The standard InChI is InChI=1S/C16H22N4O3S/c21-15(9-20-5-7-23-8-6-20)18-12-1-3-13(4-2-12)19-16(22)14-10-24-11-17-14/h1-4,14,17H,5-11H2,(H,18,21)(H,19,22). The van der Waals surface area contributed by atoms with Crippen LogP contribution in [0.3, 0.4) is 0 Å². The first-order valence-electron chi connectivity index (χ1n) is 8.03. The van der Waals surface area contributed by atoms with E-state index >= 15 is 0 Å². The lowest BCUT2D eigenvalue weighted by atomic mass is 10.2. The molecule has 8 heteroatoms. The van der Waals surface area contributed by atoms with E-state index in [1.54, 1.807) is 36.0 Å². The van der Waals surface area contributed by atoms with Gasteiger partial charge in [0.25, 0.3) is 0 Å². The van der Waals surface area contributed by atoms with Crippen molar-refractivity contribution in [1.82, 2.24) is 10.2 Å². The fraction of sp³-hybridized carbons (Fsp3) is 0.500. The van der Waals surface area contributed by atoms with Crippen LogP contribution in [0.4, 0.5) is 11.4 Å². The maximum Gasteiger partial charge on any atom is 0.242 e. The van der Waals surface area contributed by atoms with Crippen LogP contribution in [0.25, 0.3) is 0 Å². The van der Waals surface area contributed by atoms with Crippen LogP contribution < -0.4 is 16.0 Å². The molecule has 1 atom stereocenters. The fourth-order valence-electron chi connectivity index (χ4n) is 2.59. The van der Waals surface area contributed by atoms with Crippen molar-refractivity contribution >= 4 is 35.0 Å². The number of ether oxygens (including phenoxy) is 1. The van der Waals surface area contributed by atoms with Gasteiger partial charge in [-0.15, -0.1) is 11.8 Å². The van der Waals surface area contributed by atoms with Crippen LogP contribution in [-0.2, 0) is 14.3 Å². The van der Waals surface area contributed by atoms with Gasteiger partial charge in [0.05, 0.1) is 25.8 Å². The van der Waals surface area contributed by atoms with Crippen molar-refractivity contribution < 1.29 is 14.3 Å². The molecule has 1 unspecified atom stereocenters. The van der Waals surface area contributed by atoms with Crippen LogP contribution in [0.15, 0.2) is 24.3 Å². The molecule has 1 aromatic rings. The smallest absolute Gasteiger partial charge is 0.242 e. The van der Waals surface area contributed by atoms with Gasteiger partial charge in [0.1, 0.15) is 0 Å². The van der Waals surface area contributed by atoms with E-state index in [0.29, 0.717) is 19.8 Å². The Morgan fingerprint density at radius 2 is 1.83 bits per heavy atom. The van der Waals surface area contributed by atoms with E-state index in [9.17, 15) is 9.59 Å². The number of nitrogens with zero attached hydrogens (tertiary/aromatic N) is 1. The summed E-state index contributed by atoms with van der Waals surface area (Å²) < 4.78 is 5.27. The van der Waals surface area contributed by atoms with Gasteiger partial charge in [0, 0.05) is 36.1 Å². The first-order valence-corrected chi connectivity index (χ1v) is 9.18. The zero-order chi connectivity index (χ0) is 16.8. The van der Waals surface area contributed by atoms with Crippen molar-refractivity contribution in [1.29, 1.82) is 0 Å². The van der Waals surface area contributed by atoms with E-state index in [1.165, 1.54) is 0 Å². The summed E-state index contributed by atoms with van der Waals surface area (Å²) in [5.74, 6) is 1.54. The molecule has 7 nitrogen and oxygen atoms in total. The minimum absolute atomic E-state index is 0.0240. The van der Waals surface area contributed by atoms with Gasteiger partial charge in [-0.2, -0.15) is 0 Å². The van der Waals surface area contributed by atoms with Crippen LogP contribution in [-0.4, -0.2) is 67.2 Å². The van der Waals surface area contributed by atoms with Gasteiger partial charge in [-0.3, -0.25) is 19.8 Å². The molecule has 2 amide bonds. The Morgan fingerprint density at radius 1 is 1.17 bits per heavy atom. The van der Waals surface area contributed by atoms with E-state index in [-0.39, 0.29) is 17.9 Å². The van der Waals surface area contributed by atoms with Crippen molar-refractivity contribution in [2.45, 2.75) is 6.04 Å². The summed E-state index contributed by atoms with van der Waals surface area (Å²) in [5, 5.41) is 8.89. The van der Waals surface area contributed by atoms with Gasteiger partial charge >= 0.3 is 0 Å². The number of carbonyl (C=O) groups is 2. The van der Waals surface area contributed by atoms with Gasteiger partial charge in [0.2, 0.25) is 11.8 Å². The van der Waals surface area contributed by atoms with E-state index in [4.69, 9.17) is 4.74 Å². The topological polar surface area (TPSA) is 82.7 Å². The number of morpholine rings is 1. The molecule has 0 aromatic heterocycles. The lowest BCUT2D eigenvalue weighted by molar-refractivity contribution is -0.118. The number of anilines is 2. The highest BCUT2D eigenvalue weighted by molar-refractivity contribution is 7.99. The summed E-state index contributed by atoms with van der Waals surface area (Å²) in [4.78, 5) is 26.1. The Kier molecular flexibility index (Phi) is 6.08. The summed E-state index contributed by atoms with van der Waals surface area (Å²) in [6.45, 7) is 3.29. The molecule has 0 bridgehead atoms. The predicted octanol–water partition coefficient (Wildman–Crippen LogP) is 0.558. The minimum atomic E-state index is -0.136. The van der Waals surface area contributed by atoms with Crippen molar-refractivity contribution in [3.8, 4) is 0 Å². The van der Waals surface area contributed by atoms with E-state index in [2.05, 4.69) is 20.9 Å². The molecular weight excluding hydrogens is 328 g/mol. The number of carbonyl (C=O) groups excluding carboxylic acids is 2. The van der Waals surface area contributed by atoms with Crippen LogP contribution in [0.5, 0.6) is 0 Å². The molecule has 0 aliphatic carbocycles. The Labute approximate surface area is 145 Å². The van der Waals surface area contributed by atoms with Crippen molar-refractivity contribution in [3.63, 3.8) is 0 Å². The highest BCUT2D eigenvalue weighted by atomic mass is 32.2. The fourth-order valence-corrected chi connectivity index (χ4v) is 3.53. The summed E-state index contributed by atoms with van der Waals surface area (Å²) >= 11 is 1.71. The molecule has 24 heavy (non-hydrogen) atoms. The summed E-state index contributed by atoms with van der Waals surface area (Å²) in [7, 11) is 0. The third kappa shape index (κ3) is 4.94. The third-order valence-electron chi connectivity index (χ3n) is 3.94. The lowest BCUT2D eigenvalue weighted by Gasteiger charge is -2.25. The largest absolute Gasteiger partial charge is 0.379 e. The molecule has 1 aromatic carbocycles. The first-order chi connectivity index (χ1) is 11.7. The Bertz CT molecular complexity index is 569. The summed E-state index contributed by atoms with van der Waals surface area (Å²) in [6.07, 6.45) is 0. The average molecular weight is 350 g/mol. The van der Waals surface area contributed by atoms with E-state index in [1.807, 2.05) is 0 Å². The second-order valence-corrected chi connectivity index (χ2v) is 6.81. The highest BCUT2D eigenvalue weighted by Crippen LogP contribution is 2.16. The number of benzene rings is 1. The average Bonchev–Trinajstić information content (AvgIpc) is 3.12. The van der Waals surface area contributed by atoms with Crippen molar-refractivity contribution in [3.05, 3.63) is 24.3 Å². The zero-order valence-electron chi connectivity index (χ0n) is 13.4. The van der Waals surface area contributed by atoms with Crippen LogP contribution >= 0.6 is 11.8 Å². The molecule has 2 heterocycles. The second kappa shape index (κ2) is 8.48. The zero-order valence-corrected chi connectivity index (χ0v) is 14.2. The van der Waals surface area contributed by atoms with E-state index < -0.39 is 0 Å². The lowest BCUT2D eigenvalue weighted by Crippen LogP contribution is -2.41.